The fraction of sp³-hybridized carbons (Fsp3) is 0.333. The van der Waals surface area contributed by atoms with E-state index in [-0.39, 0.29) is 30.9 Å². The molecule has 2 aromatic carbocycles. The summed E-state index contributed by atoms with van der Waals surface area (Å²) in [7, 11) is 0. The monoisotopic (exact) mass is 448 g/mol. The normalized spacial score (nSPS) is 17.1. The number of halogens is 2. The van der Waals surface area contributed by atoms with Gasteiger partial charge in [0.25, 0.3) is 0 Å². The van der Waals surface area contributed by atoms with Crippen LogP contribution < -0.4 is 0 Å². The summed E-state index contributed by atoms with van der Waals surface area (Å²) < 4.78 is 5.71. The van der Waals surface area contributed by atoms with Crippen molar-refractivity contribution in [3.8, 4) is 0 Å². The van der Waals surface area contributed by atoms with E-state index in [1.807, 2.05) is 26.0 Å². The maximum absolute atomic E-state index is 11.1. The van der Waals surface area contributed by atoms with Crippen molar-refractivity contribution >= 4 is 24.8 Å². The van der Waals surface area contributed by atoms with E-state index >= 15 is 0 Å². The minimum atomic E-state index is -1.09. The Hall–Kier alpha value is -1.82. The molecule has 0 spiro atoms. The minimum absolute atomic E-state index is 0. The third kappa shape index (κ3) is 5.08. The second-order valence-electron chi connectivity index (χ2n) is 7.68. The van der Waals surface area contributed by atoms with Crippen LogP contribution in [0.1, 0.15) is 35.6 Å². The Labute approximate surface area is 191 Å². The summed E-state index contributed by atoms with van der Waals surface area (Å²) in [5.41, 5.74) is 1.51. The van der Waals surface area contributed by atoms with Gasteiger partial charge in [0.15, 0.2) is 11.5 Å². The molecule has 0 radical (unpaired) electrons. The summed E-state index contributed by atoms with van der Waals surface area (Å²) in [6.45, 7) is 7.05. The molecule has 3 aromatic rings. The first-order valence-corrected chi connectivity index (χ1v) is 9.94. The second kappa shape index (κ2) is 10.5. The largest absolute Gasteiger partial charge is 0.462 e. The van der Waals surface area contributed by atoms with Crippen LogP contribution in [0.3, 0.4) is 0 Å². The molecule has 0 bridgehead atoms. The van der Waals surface area contributed by atoms with Gasteiger partial charge in [-0.05, 0) is 37.1 Å². The van der Waals surface area contributed by atoms with Crippen LogP contribution in [0.2, 0.25) is 0 Å². The molecule has 0 aliphatic carbocycles. The molecule has 1 aliphatic heterocycles. The third-order valence-electron chi connectivity index (χ3n) is 5.73. The van der Waals surface area contributed by atoms with Gasteiger partial charge in [-0.1, -0.05) is 60.7 Å². The fourth-order valence-electron chi connectivity index (χ4n) is 4.15. The standard InChI is InChI=1S/C24H28N2O2.2ClH/c1-19-13-14-22(28-19)24(2,27)26-17-15-25(16-18-26)23(20-9-5-3-6-10-20)21-11-7-4-8-12-21;;/h3-14,23,27H,15-18H2,1-2H3;2*1H. The highest BCUT2D eigenvalue weighted by atomic mass is 35.5. The number of aryl methyl sites for hydroxylation is 1. The van der Waals surface area contributed by atoms with Crippen molar-refractivity contribution in [3.63, 3.8) is 0 Å². The summed E-state index contributed by atoms with van der Waals surface area (Å²) in [5.74, 6) is 1.43. The van der Waals surface area contributed by atoms with Crippen LogP contribution in [0.5, 0.6) is 0 Å². The number of hydrogen-bond acceptors (Lipinski definition) is 4. The summed E-state index contributed by atoms with van der Waals surface area (Å²) in [6.07, 6.45) is 0. The van der Waals surface area contributed by atoms with Crippen molar-refractivity contribution < 1.29 is 9.52 Å². The number of aliphatic hydroxyl groups is 1. The summed E-state index contributed by atoms with van der Waals surface area (Å²) >= 11 is 0. The van der Waals surface area contributed by atoms with Crippen LogP contribution >= 0.6 is 24.8 Å². The molecule has 1 unspecified atom stereocenters. The smallest absolute Gasteiger partial charge is 0.174 e. The lowest BCUT2D eigenvalue weighted by molar-refractivity contribution is -0.132. The molecule has 1 aliphatic rings. The van der Waals surface area contributed by atoms with Gasteiger partial charge in [0.2, 0.25) is 0 Å². The molecule has 0 amide bonds. The van der Waals surface area contributed by atoms with Crippen molar-refractivity contribution in [2.45, 2.75) is 25.6 Å². The van der Waals surface area contributed by atoms with Crippen molar-refractivity contribution in [3.05, 3.63) is 95.4 Å². The molecular formula is C24H30Cl2N2O2. The van der Waals surface area contributed by atoms with E-state index in [1.54, 1.807) is 0 Å². The average molecular weight is 449 g/mol. The summed E-state index contributed by atoms with van der Waals surface area (Å²) in [5, 5.41) is 11.1. The van der Waals surface area contributed by atoms with Crippen LogP contribution in [-0.2, 0) is 5.72 Å². The number of nitrogens with zero attached hydrogens (tertiary/aromatic N) is 2. The molecule has 4 nitrogen and oxygen atoms in total. The highest BCUT2D eigenvalue weighted by molar-refractivity contribution is 5.85. The number of benzene rings is 2. The Morgan fingerprint density at radius 2 is 1.30 bits per heavy atom. The van der Waals surface area contributed by atoms with Crippen molar-refractivity contribution in [2.24, 2.45) is 0 Å². The van der Waals surface area contributed by atoms with E-state index in [4.69, 9.17) is 4.42 Å². The average Bonchev–Trinajstić information content (AvgIpc) is 3.18. The van der Waals surface area contributed by atoms with Crippen LogP contribution in [-0.4, -0.2) is 41.1 Å². The first-order chi connectivity index (χ1) is 13.6. The molecule has 1 fully saturated rings. The van der Waals surface area contributed by atoms with E-state index in [9.17, 15) is 5.11 Å². The fourth-order valence-corrected chi connectivity index (χ4v) is 4.15. The van der Waals surface area contributed by atoms with E-state index in [1.165, 1.54) is 11.1 Å². The van der Waals surface area contributed by atoms with Gasteiger partial charge >= 0.3 is 0 Å². The number of piperazine rings is 1. The zero-order chi connectivity index (χ0) is 19.6. The zero-order valence-electron chi connectivity index (χ0n) is 17.4. The molecule has 1 aromatic heterocycles. The van der Waals surface area contributed by atoms with Crippen LogP contribution in [0.25, 0.3) is 0 Å². The first-order valence-electron chi connectivity index (χ1n) is 9.94. The number of hydrogen-bond donors (Lipinski definition) is 1. The predicted molar refractivity (Wildman–Crippen MR) is 125 cm³/mol. The highest BCUT2D eigenvalue weighted by Gasteiger charge is 2.37. The zero-order valence-corrected chi connectivity index (χ0v) is 19.0. The Balaban J connectivity index is 0.00000160. The van der Waals surface area contributed by atoms with Crippen molar-refractivity contribution in [2.75, 3.05) is 26.2 Å². The van der Waals surface area contributed by atoms with Crippen molar-refractivity contribution in [1.29, 1.82) is 0 Å². The van der Waals surface area contributed by atoms with Gasteiger partial charge in [0.1, 0.15) is 5.76 Å². The molecule has 2 heterocycles. The molecule has 1 N–H and O–H groups in total. The lowest BCUT2D eigenvalue weighted by Gasteiger charge is -2.44. The second-order valence-corrected chi connectivity index (χ2v) is 7.68. The molecule has 1 saturated heterocycles. The topological polar surface area (TPSA) is 39.9 Å². The summed E-state index contributed by atoms with van der Waals surface area (Å²) in [4.78, 5) is 4.61. The van der Waals surface area contributed by atoms with Gasteiger partial charge in [-0.25, -0.2) is 0 Å². The van der Waals surface area contributed by atoms with Gasteiger partial charge in [-0.15, -0.1) is 24.8 Å². The van der Waals surface area contributed by atoms with Crippen LogP contribution in [0.15, 0.2) is 77.2 Å². The van der Waals surface area contributed by atoms with E-state index in [2.05, 4.69) is 70.5 Å². The SMILES string of the molecule is Cc1ccc(C(C)(O)N2CCN(C(c3ccccc3)c3ccccc3)CC2)o1.Cl.Cl. The molecule has 4 rings (SSSR count). The lowest BCUT2D eigenvalue weighted by atomic mass is 9.96. The first kappa shape index (κ1) is 24.4. The molecular weight excluding hydrogens is 419 g/mol. The van der Waals surface area contributed by atoms with Gasteiger partial charge in [0.05, 0.1) is 6.04 Å². The maximum Gasteiger partial charge on any atom is 0.174 e. The minimum Gasteiger partial charge on any atom is -0.462 e. The third-order valence-corrected chi connectivity index (χ3v) is 5.73. The quantitative estimate of drug-likeness (QED) is 0.595. The number of furan rings is 1. The van der Waals surface area contributed by atoms with E-state index < -0.39 is 5.72 Å². The molecule has 6 heteroatoms. The van der Waals surface area contributed by atoms with Gasteiger partial charge in [-0.3, -0.25) is 9.80 Å². The Bertz CT molecular complexity index is 852. The molecule has 1 atom stereocenters. The predicted octanol–water partition coefficient (Wildman–Crippen LogP) is 5.00. The Kier molecular flexibility index (Phi) is 8.53. The molecule has 0 saturated carbocycles. The van der Waals surface area contributed by atoms with E-state index in [0.29, 0.717) is 5.76 Å². The summed E-state index contributed by atoms with van der Waals surface area (Å²) in [6, 6.07) is 25.3. The maximum atomic E-state index is 11.1. The van der Waals surface area contributed by atoms with E-state index in [0.717, 1.165) is 31.9 Å². The Morgan fingerprint density at radius 3 is 1.73 bits per heavy atom. The number of rotatable bonds is 5. The van der Waals surface area contributed by atoms with Crippen LogP contribution in [0.4, 0.5) is 0 Å². The van der Waals surface area contributed by atoms with Gasteiger partial charge in [0, 0.05) is 26.2 Å². The molecule has 30 heavy (non-hydrogen) atoms. The van der Waals surface area contributed by atoms with Gasteiger partial charge < -0.3 is 9.52 Å². The highest BCUT2D eigenvalue weighted by Crippen LogP contribution is 2.32. The van der Waals surface area contributed by atoms with Crippen LogP contribution in [0, 0.1) is 6.92 Å². The van der Waals surface area contributed by atoms with Crippen molar-refractivity contribution in [1.82, 2.24) is 9.80 Å². The van der Waals surface area contributed by atoms with Gasteiger partial charge in [-0.2, -0.15) is 0 Å². The lowest BCUT2D eigenvalue weighted by Crippen LogP contribution is -2.54. The Morgan fingerprint density at radius 1 is 0.800 bits per heavy atom. The molecule has 162 valence electrons.